The van der Waals surface area contributed by atoms with Crippen LogP contribution in [0.25, 0.3) is 0 Å². The molecule has 2 heteroatoms. The van der Waals surface area contributed by atoms with Gasteiger partial charge in [0.05, 0.1) is 6.61 Å². The molecule has 0 aromatic heterocycles. The average molecular weight is 263 g/mol. The van der Waals surface area contributed by atoms with Crippen molar-refractivity contribution >= 4 is 0 Å². The summed E-state index contributed by atoms with van der Waals surface area (Å²) in [7, 11) is 0. The van der Waals surface area contributed by atoms with Gasteiger partial charge in [0, 0.05) is 6.04 Å². The maximum Gasteiger partial charge on any atom is 0.123 e. The van der Waals surface area contributed by atoms with Gasteiger partial charge in [-0.1, -0.05) is 53.7 Å². The topological polar surface area (TPSA) is 35.2 Å². The predicted octanol–water partition coefficient (Wildman–Crippen LogP) is 4.43. The fourth-order valence-corrected chi connectivity index (χ4v) is 1.98. The highest BCUT2D eigenvalue weighted by atomic mass is 16.5. The lowest BCUT2D eigenvalue weighted by Gasteiger charge is -2.25. The smallest absolute Gasteiger partial charge is 0.123 e. The van der Waals surface area contributed by atoms with E-state index in [1.54, 1.807) is 0 Å². The second-order valence-electron chi connectivity index (χ2n) is 6.73. The van der Waals surface area contributed by atoms with Gasteiger partial charge in [-0.05, 0) is 34.9 Å². The summed E-state index contributed by atoms with van der Waals surface area (Å²) in [5, 5.41) is 0. The van der Waals surface area contributed by atoms with E-state index in [1.165, 1.54) is 11.1 Å². The van der Waals surface area contributed by atoms with Gasteiger partial charge in [0.2, 0.25) is 0 Å². The van der Waals surface area contributed by atoms with Crippen LogP contribution in [-0.4, -0.2) is 6.61 Å². The van der Waals surface area contributed by atoms with E-state index in [2.05, 4.69) is 59.7 Å². The minimum Gasteiger partial charge on any atom is -0.493 e. The fraction of sp³-hybridized carbons (Fsp3) is 0.647. The van der Waals surface area contributed by atoms with Gasteiger partial charge in [-0.2, -0.15) is 0 Å². The molecule has 0 spiro atoms. The third kappa shape index (κ3) is 4.54. The van der Waals surface area contributed by atoms with Crippen LogP contribution in [0.4, 0.5) is 0 Å². The van der Waals surface area contributed by atoms with Crippen LogP contribution >= 0.6 is 0 Å². The van der Waals surface area contributed by atoms with Crippen LogP contribution in [0.5, 0.6) is 5.75 Å². The Kier molecular flexibility index (Phi) is 5.42. The highest BCUT2D eigenvalue weighted by Gasteiger charge is 2.20. The fourth-order valence-electron chi connectivity index (χ4n) is 1.98. The molecule has 0 amide bonds. The number of nitrogens with two attached hydrogens (primary N) is 1. The van der Waals surface area contributed by atoms with Crippen molar-refractivity contribution in [3.63, 3.8) is 0 Å². The van der Waals surface area contributed by atoms with Crippen molar-refractivity contribution in [3.8, 4) is 5.75 Å². The molecule has 108 valence electrons. The molecule has 0 radical (unpaired) electrons. The Bertz CT molecular complexity index is 404. The Balaban J connectivity index is 3.10. The molecule has 2 N–H and O–H groups in total. The first-order valence-electron chi connectivity index (χ1n) is 7.28. The summed E-state index contributed by atoms with van der Waals surface area (Å²) in [6.45, 7) is 13.8. The summed E-state index contributed by atoms with van der Waals surface area (Å²) in [6.07, 6.45) is 0.954. The maximum absolute atomic E-state index is 6.14. The van der Waals surface area contributed by atoms with Crippen molar-refractivity contribution in [2.75, 3.05) is 6.61 Å². The van der Waals surface area contributed by atoms with E-state index in [0.717, 1.165) is 18.8 Å². The average Bonchev–Trinajstić information content (AvgIpc) is 2.34. The van der Waals surface area contributed by atoms with Crippen molar-refractivity contribution in [1.29, 1.82) is 0 Å². The zero-order chi connectivity index (χ0) is 14.6. The van der Waals surface area contributed by atoms with E-state index in [0.29, 0.717) is 5.92 Å². The first kappa shape index (κ1) is 16.0. The zero-order valence-corrected chi connectivity index (χ0v) is 13.3. The maximum atomic E-state index is 6.14. The highest BCUT2D eigenvalue weighted by Crippen LogP contribution is 2.34. The molecule has 0 fully saturated rings. The molecule has 1 unspecified atom stereocenters. The second kappa shape index (κ2) is 6.42. The van der Waals surface area contributed by atoms with Crippen LogP contribution in [-0.2, 0) is 5.41 Å². The Morgan fingerprint density at radius 2 is 1.84 bits per heavy atom. The van der Waals surface area contributed by atoms with E-state index < -0.39 is 0 Å². The molecule has 0 aliphatic carbocycles. The van der Waals surface area contributed by atoms with Gasteiger partial charge in [0.1, 0.15) is 5.75 Å². The molecular weight excluding hydrogens is 234 g/mol. The number of hydrogen-bond acceptors (Lipinski definition) is 2. The van der Waals surface area contributed by atoms with Crippen molar-refractivity contribution in [1.82, 2.24) is 0 Å². The van der Waals surface area contributed by atoms with E-state index in [4.69, 9.17) is 10.5 Å². The standard InChI is InChI=1S/C17H29NO/c1-7-15(18)13-8-9-16(19-11-12(2)3)14(10-13)17(4,5)6/h8-10,12,15H,7,11,18H2,1-6H3. The third-order valence-electron chi connectivity index (χ3n) is 3.25. The molecule has 1 rings (SSSR count). The molecule has 1 atom stereocenters. The van der Waals surface area contributed by atoms with Gasteiger partial charge in [-0.15, -0.1) is 0 Å². The molecule has 0 aliphatic heterocycles. The van der Waals surface area contributed by atoms with Crippen molar-refractivity contribution in [3.05, 3.63) is 29.3 Å². The molecule has 0 saturated heterocycles. The summed E-state index contributed by atoms with van der Waals surface area (Å²) in [5.74, 6) is 1.53. The van der Waals surface area contributed by atoms with E-state index >= 15 is 0 Å². The Hall–Kier alpha value is -1.02. The normalized spacial score (nSPS) is 13.7. The Morgan fingerprint density at radius 3 is 2.32 bits per heavy atom. The summed E-state index contributed by atoms with van der Waals surface area (Å²) in [6, 6.07) is 6.50. The van der Waals surface area contributed by atoms with Crippen molar-refractivity contribution in [2.45, 2.75) is 59.4 Å². The molecule has 0 bridgehead atoms. The van der Waals surface area contributed by atoms with Crippen molar-refractivity contribution < 1.29 is 4.74 Å². The van der Waals surface area contributed by atoms with Crippen LogP contribution < -0.4 is 10.5 Å². The number of ether oxygens (including phenoxy) is 1. The molecule has 1 aromatic rings. The quantitative estimate of drug-likeness (QED) is 0.853. The molecule has 1 aromatic carbocycles. The first-order chi connectivity index (χ1) is 8.75. The van der Waals surface area contributed by atoms with Gasteiger partial charge < -0.3 is 10.5 Å². The van der Waals surface area contributed by atoms with E-state index in [9.17, 15) is 0 Å². The SMILES string of the molecule is CCC(N)c1ccc(OCC(C)C)c(C(C)(C)C)c1. The molecule has 2 nitrogen and oxygen atoms in total. The van der Waals surface area contributed by atoms with Gasteiger partial charge in [-0.3, -0.25) is 0 Å². The lowest BCUT2D eigenvalue weighted by molar-refractivity contribution is 0.264. The summed E-state index contributed by atoms with van der Waals surface area (Å²) < 4.78 is 5.95. The van der Waals surface area contributed by atoms with Crippen LogP contribution in [0, 0.1) is 5.92 Å². The third-order valence-corrected chi connectivity index (χ3v) is 3.25. The summed E-state index contributed by atoms with van der Waals surface area (Å²) in [4.78, 5) is 0. The Labute approximate surface area is 118 Å². The van der Waals surface area contributed by atoms with Gasteiger partial charge in [0.25, 0.3) is 0 Å². The lowest BCUT2D eigenvalue weighted by atomic mass is 9.84. The van der Waals surface area contributed by atoms with Crippen LogP contribution in [0.1, 0.15) is 65.1 Å². The number of benzene rings is 1. The monoisotopic (exact) mass is 263 g/mol. The molecule has 0 aliphatic rings. The molecule has 0 heterocycles. The highest BCUT2D eigenvalue weighted by molar-refractivity contribution is 5.42. The number of rotatable bonds is 5. The van der Waals surface area contributed by atoms with E-state index in [1.807, 2.05) is 0 Å². The minimum atomic E-state index is 0.0653. The van der Waals surface area contributed by atoms with Crippen LogP contribution in [0.15, 0.2) is 18.2 Å². The lowest BCUT2D eigenvalue weighted by Crippen LogP contribution is -2.17. The summed E-state index contributed by atoms with van der Waals surface area (Å²) >= 11 is 0. The van der Waals surface area contributed by atoms with Gasteiger partial charge in [-0.25, -0.2) is 0 Å². The Morgan fingerprint density at radius 1 is 1.21 bits per heavy atom. The van der Waals surface area contributed by atoms with Gasteiger partial charge >= 0.3 is 0 Å². The predicted molar refractivity (Wildman–Crippen MR) is 82.7 cm³/mol. The van der Waals surface area contributed by atoms with Crippen LogP contribution in [0.3, 0.4) is 0 Å². The molecule has 0 saturated carbocycles. The molecular formula is C17H29NO. The van der Waals surface area contributed by atoms with E-state index in [-0.39, 0.29) is 11.5 Å². The van der Waals surface area contributed by atoms with Gasteiger partial charge in [0.15, 0.2) is 0 Å². The minimum absolute atomic E-state index is 0.0653. The largest absolute Gasteiger partial charge is 0.493 e. The second-order valence-corrected chi connectivity index (χ2v) is 6.73. The van der Waals surface area contributed by atoms with Crippen molar-refractivity contribution in [2.24, 2.45) is 11.7 Å². The first-order valence-corrected chi connectivity index (χ1v) is 7.28. The number of hydrogen-bond donors (Lipinski definition) is 1. The molecule has 19 heavy (non-hydrogen) atoms. The zero-order valence-electron chi connectivity index (χ0n) is 13.3. The van der Waals surface area contributed by atoms with Crippen LogP contribution in [0.2, 0.25) is 0 Å². The summed E-state index contributed by atoms with van der Waals surface area (Å²) in [5.41, 5.74) is 8.65.